The zero-order valence-corrected chi connectivity index (χ0v) is 10.6. The van der Waals surface area contributed by atoms with Crippen LogP contribution in [0.5, 0.6) is 0 Å². The Morgan fingerprint density at radius 3 is 2.78 bits per heavy atom. The zero-order chi connectivity index (χ0) is 12.5. The van der Waals surface area contributed by atoms with Gasteiger partial charge in [-0.15, -0.1) is 0 Å². The lowest BCUT2D eigenvalue weighted by Gasteiger charge is -2.09. The molecule has 5 heteroatoms. The largest absolute Gasteiger partial charge is 0.345 e. The van der Waals surface area contributed by atoms with E-state index in [9.17, 15) is 9.59 Å². The number of rotatable bonds is 3. The predicted molar refractivity (Wildman–Crippen MR) is 66.4 cm³/mol. The predicted octanol–water partition coefficient (Wildman–Crippen LogP) is 1.14. The Hall–Kier alpha value is -1.39. The molecule has 0 saturated heterocycles. The summed E-state index contributed by atoms with van der Waals surface area (Å²) in [6.07, 6.45) is 6.59. The highest BCUT2D eigenvalue weighted by Gasteiger charge is 2.25. The van der Waals surface area contributed by atoms with Crippen molar-refractivity contribution in [2.45, 2.75) is 58.0 Å². The van der Waals surface area contributed by atoms with Crippen LogP contribution < -0.4 is 5.69 Å². The van der Waals surface area contributed by atoms with Gasteiger partial charge >= 0.3 is 5.69 Å². The van der Waals surface area contributed by atoms with Crippen LogP contribution in [0.3, 0.4) is 0 Å². The van der Waals surface area contributed by atoms with E-state index in [0.717, 1.165) is 57.3 Å². The number of fused-ring (bicyclic) bond motifs is 1. The SMILES string of the molecule is O=C1CCCC1CCn1nc2n(c1=O)CCCC2. The van der Waals surface area contributed by atoms with Crippen molar-refractivity contribution in [3.8, 4) is 0 Å². The summed E-state index contributed by atoms with van der Waals surface area (Å²) in [5.41, 5.74) is 0.00939. The van der Waals surface area contributed by atoms with Crippen molar-refractivity contribution >= 4 is 5.78 Å². The van der Waals surface area contributed by atoms with Gasteiger partial charge in [0.1, 0.15) is 11.6 Å². The van der Waals surface area contributed by atoms with Crippen molar-refractivity contribution in [3.05, 3.63) is 16.3 Å². The summed E-state index contributed by atoms with van der Waals surface area (Å²) in [5.74, 6) is 1.45. The van der Waals surface area contributed by atoms with Crippen LogP contribution in [0.25, 0.3) is 0 Å². The van der Waals surface area contributed by atoms with E-state index in [0.29, 0.717) is 12.3 Å². The van der Waals surface area contributed by atoms with Gasteiger partial charge in [-0.3, -0.25) is 9.36 Å². The van der Waals surface area contributed by atoms with E-state index in [1.54, 1.807) is 9.25 Å². The fraction of sp³-hybridized carbons (Fsp3) is 0.769. The van der Waals surface area contributed by atoms with Gasteiger partial charge in [0.15, 0.2) is 0 Å². The number of hydrogen-bond donors (Lipinski definition) is 0. The molecule has 1 fully saturated rings. The number of carbonyl (C=O) groups is 1. The van der Waals surface area contributed by atoms with Gasteiger partial charge in [-0.25, -0.2) is 9.48 Å². The lowest BCUT2D eigenvalue weighted by molar-refractivity contribution is -0.120. The van der Waals surface area contributed by atoms with E-state index >= 15 is 0 Å². The molecule has 1 aromatic rings. The summed E-state index contributed by atoms with van der Waals surface area (Å²) in [6.45, 7) is 1.39. The van der Waals surface area contributed by atoms with Gasteiger partial charge in [0.2, 0.25) is 0 Å². The molecule has 18 heavy (non-hydrogen) atoms. The van der Waals surface area contributed by atoms with Crippen LogP contribution >= 0.6 is 0 Å². The fourth-order valence-corrected chi connectivity index (χ4v) is 3.07. The Morgan fingerprint density at radius 2 is 2.06 bits per heavy atom. The van der Waals surface area contributed by atoms with Crippen molar-refractivity contribution < 1.29 is 4.79 Å². The smallest absolute Gasteiger partial charge is 0.299 e. The third-order valence-corrected chi connectivity index (χ3v) is 4.15. The van der Waals surface area contributed by atoms with Crippen LogP contribution in [-0.2, 0) is 24.3 Å². The molecular formula is C13H19N3O2. The summed E-state index contributed by atoms with van der Waals surface area (Å²) in [7, 11) is 0. The van der Waals surface area contributed by atoms with Gasteiger partial charge in [-0.2, -0.15) is 5.10 Å². The third kappa shape index (κ3) is 2.02. The van der Waals surface area contributed by atoms with Crippen molar-refractivity contribution in [3.63, 3.8) is 0 Å². The van der Waals surface area contributed by atoms with Gasteiger partial charge in [0.05, 0.1) is 0 Å². The molecule has 1 aliphatic heterocycles. The number of nitrogens with zero attached hydrogens (tertiary/aromatic N) is 3. The Balaban J connectivity index is 1.71. The molecule has 0 spiro atoms. The second-order valence-corrected chi connectivity index (χ2v) is 5.37. The van der Waals surface area contributed by atoms with Crippen LogP contribution in [0.15, 0.2) is 4.79 Å². The maximum atomic E-state index is 12.1. The second-order valence-electron chi connectivity index (χ2n) is 5.37. The van der Waals surface area contributed by atoms with Crippen molar-refractivity contribution in [1.29, 1.82) is 0 Å². The molecule has 2 aliphatic rings. The highest BCUT2D eigenvalue weighted by Crippen LogP contribution is 2.24. The first kappa shape index (κ1) is 11.7. The van der Waals surface area contributed by atoms with Crippen LogP contribution in [0.4, 0.5) is 0 Å². The molecule has 1 aromatic heterocycles. The molecule has 0 amide bonds. The highest BCUT2D eigenvalue weighted by molar-refractivity contribution is 5.82. The summed E-state index contributed by atoms with van der Waals surface area (Å²) >= 11 is 0. The summed E-state index contributed by atoms with van der Waals surface area (Å²) < 4.78 is 3.35. The molecule has 5 nitrogen and oxygen atoms in total. The summed E-state index contributed by atoms with van der Waals surface area (Å²) in [5, 5.41) is 4.39. The monoisotopic (exact) mass is 249 g/mol. The minimum atomic E-state index is 0.00939. The number of hydrogen-bond acceptors (Lipinski definition) is 3. The van der Waals surface area contributed by atoms with Crippen molar-refractivity contribution in [1.82, 2.24) is 14.3 Å². The van der Waals surface area contributed by atoms with E-state index in [1.165, 1.54) is 0 Å². The van der Waals surface area contributed by atoms with E-state index in [2.05, 4.69) is 5.10 Å². The average molecular weight is 249 g/mol. The third-order valence-electron chi connectivity index (χ3n) is 4.15. The first-order valence-corrected chi connectivity index (χ1v) is 6.95. The molecule has 0 bridgehead atoms. The molecule has 1 saturated carbocycles. The van der Waals surface area contributed by atoms with Gasteiger partial charge in [0.25, 0.3) is 0 Å². The topological polar surface area (TPSA) is 56.9 Å². The Bertz CT molecular complexity index is 515. The number of aryl methyl sites for hydroxylation is 2. The maximum absolute atomic E-state index is 12.1. The molecule has 2 heterocycles. The van der Waals surface area contributed by atoms with Gasteiger partial charge in [-0.1, -0.05) is 0 Å². The molecule has 0 radical (unpaired) electrons. The first-order chi connectivity index (χ1) is 8.75. The van der Waals surface area contributed by atoms with Gasteiger partial charge in [-0.05, 0) is 32.1 Å². The van der Waals surface area contributed by atoms with E-state index in [1.807, 2.05) is 0 Å². The molecule has 1 atom stereocenters. The van der Waals surface area contributed by atoms with Crippen LogP contribution in [0.1, 0.15) is 44.3 Å². The molecular weight excluding hydrogens is 230 g/mol. The maximum Gasteiger partial charge on any atom is 0.345 e. The summed E-state index contributed by atoms with van der Waals surface area (Å²) in [4.78, 5) is 23.6. The average Bonchev–Trinajstić information content (AvgIpc) is 2.92. The van der Waals surface area contributed by atoms with E-state index < -0.39 is 0 Å². The molecule has 3 rings (SSSR count). The number of aromatic nitrogens is 3. The van der Waals surface area contributed by atoms with Gasteiger partial charge in [0, 0.05) is 31.8 Å². The van der Waals surface area contributed by atoms with E-state index in [-0.39, 0.29) is 11.6 Å². The van der Waals surface area contributed by atoms with Gasteiger partial charge < -0.3 is 0 Å². The van der Waals surface area contributed by atoms with Crippen molar-refractivity contribution in [2.75, 3.05) is 0 Å². The molecule has 1 aliphatic carbocycles. The normalized spacial score (nSPS) is 23.3. The number of Topliss-reactive ketones (excluding diaryl/α,β-unsaturated/α-hetero) is 1. The zero-order valence-electron chi connectivity index (χ0n) is 10.6. The standard InChI is InChI=1S/C13H19N3O2/c17-11-5-3-4-10(11)7-9-16-13(18)15-8-2-1-6-12(15)14-16/h10H,1-9H2. The molecule has 98 valence electrons. The Kier molecular flexibility index (Phi) is 3.06. The Morgan fingerprint density at radius 1 is 1.17 bits per heavy atom. The van der Waals surface area contributed by atoms with Crippen molar-refractivity contribution in [2.24, 2.45) is 5.92 Å². The lowest BCUT2D eigenvalue weighted by atomic mass is 10.0. The molecule has 0 aromatic carbocycles. The fourth-order valence-electron chi connectivity index (χ4n) is 3.07. The second kappa shape index (κ2) is 4.71. The van der Waals surface area contributed by atoms with Crippen LogP contribution in [0, 0.1) is 5.92 Å². The Labute approximate surface area is 106 Å². The summed E-state index contributed by atoms with van der Waals surface area (Å²) in [6, 6.07) is 0. The minimum absolute atomic E-state index is 0.00939. The molecule has 1 unspecified atom stereocenters. The molecule has 0 N–H and O–H groups in total. The number of carbonyl (C=O) groups excluding carboxylic acids is 1. The van der Waals surface area contributed by atoms with E-state index in [4.69, 9.17) is 0 Å². The highest BCUT2D eigenvalue weighted by atomic mass is 16.2. The first-order valence-electron chi connectivity index (χ1n) is 6.95. The minimum Gasteiger partial charge on any atom is -0.299 e. The van der Waals surface area contributed by atoms with Crippen LogP contribution in [0.2, 0.25) is 0 Å². The number of ketones is 1. The lowest BCUT2D eigenvalue weighted by Crippen LogP contribution is -2.27. The quantitative estimate of drug-likeness (QED) is 0.807. The van der Waals surface area contributed by atoms with Crippen LogP contribution in [-0.4, -0.2) is 20.1 Å².